The van der Waals surface area contributed by atoms with Crippen molar-refractivity contribution >= 4 is 33.2 Å². The zero-order valence-electron chi connectivity index (χ0n) is 13.8. The molecule has 3 rings (SSSR count). The Labute approximate surface area is 150 Å². The van der Waals surface area contributed by atoms with Gasteiger partial charge in [-0.05, 0) is 30.7 Å². The molecular weight excluding hydrogens is 358 g/mol. The van der Waals surface area contributed by atoms with Gasteiger partial charge in [-0.1, -0.05) is 0 Å². The van der Waals surface area contributed by atoms with E-state index >= 15 is 0 Å². The molecule has 0 spiro atoms. The summed E-state index contributed by atoms with van der Waals surface area (Å²) in [5.41, 5.74) is 1.19. The number of aromatic nitrogens is 2. The molecule has 0 radical (unpaired) electrons. The van der Waals surface area contributed by atoms with E-state index in [9.17, 15) is 18.0 Å². The average Bonchev–Trinajstić information content (AvgIpc) is 3.00. The quantitative estimate of drug-likeness (QED) is 0.779. The fourth-order valence-corrected chi connectivity index (χ4v) is 4.08. The largest absolute Gasteiger partial charge is 0.342 e. The highest BCUT2D eigenvalue weighted by Crippen LogP contribution is 2.25. The summed E-state index contributed by atoms with van der Waals surface area (Å²) in [5.74, 6) is -0.761. The zero-order chi connectivity index (χ0) is 18.6. The standard InChI is InChI=1S/C16H17N5O4S/c22-15(11-19-16(23)14-10-17-6-7-18-14)20-12-2-4-13(5-3-12)21-8-1-9-26(21,24)25/h2-7,10H,1,8-9,11H2,(H,19,23)(H,20,22). The lowest BCUT2D eigenvalue weighted by Gasteiger charge is -2.17. The van der Waals surface area contributed by atoms with Gasteiger partial charge in [-0.15, -0.1) is 0 Å². The molecule has 0 saturated carbocycles. The van der Waals surface area contributed by atoms with Crippen LogP contribution in [0.15, 0.2) is 42.9 Å². The molecule has 1 aromatic heterocycles. The molecule has 0 unspecified atom stereocenters. The molecule has 0 bridgehead atoms. The number of carbonyl (C=O) groups excluding carboxylic acids is 2. The summed E-state index contributed by atoms with van der Waals surface area (Å²) in [5, 5.41) is 5.07. The Morgan fingerprint density at radius 2 is 1.92 bits per heavy atom. The fourth-order valence-electron chi connectivity index (χ4n) is 2.51. The van der Waals surface area contributed by atoms with E-state index in [2.05, 4.69) is 20.6 Å². The van der Waals surface area contributed by atoms with E-state index in [1.54, 1.807) is 24.3 Å². The summed E-state index contributed by atoms with van der Waals surface area (Å²) in [4.78, 5) is 31.3. The van der Waals surface area contributed by atoms with Gasteiger partial charge in [0.1, 0.15) is 5.69 Å². The Morgan fingerprint density at radius 3 is 2.54 bits per heavy atom. The average molecular weight is 375 g/mol. The van der Waals surface area contributed by atoms with Crippen molar-refractivity contribution in [2.45, 2.75) is 6.42 Å². The summed E-state index contributed by atoms with van der Waals surface area (Å²) in [7, 11) is -3.23. The van der Waals surface area contributed by atoms with Crippen LogP contribution in [0.1, 0.15) is 16.9 Å². The first-order valence-corrected chi connectivity index (χ1v) is 9.51. The zero-order valence-corrected chi connectivity index (χ0v) is 14.6. The van der Waals surface area contributed by atoms with Crippen molar-refractivity contribution in [3.05, 3.63) is 48.5 Å². The number of sulfonamides is 1. The number of nitrogens with zero attached hydrogens (tertiary/aromatic N) is 3. The van der Waals surface area contributed by atoms with Gasteiger partial charge in [-0.25, -0.2) is 13.4 Å². The van der Waals surface area contributed by atoms with E-state index in [1.165, 1.54) is 22.9 Å². The monoisotopic (exact) mass is 375 g/mol. The normalized spacial score (nSPS) is 15.5. The Kier molecular flexibility index (Phi) is 5.12. The SMILES string of the molecule is O=C(CNC(=O)c1cnccn1)Nc1ccc(N2CCCS2(=O)=O)cc1. The van der Waals surface area contributed by atoms with Crippen molar-refractivity contribution in [1.82, 2.24) is 15.3 Å². The number of rotatable bonds is 5. The van der Waals surface area contributed by atoms with Crippen molar-refractivity contribution in [3.63, 3.8) is 0 Å². The second-order valence-corrected chi connectivity index (χ2v) is 7.62. The molecule has 2 amide bonds. The number of hydrogen-bond acceptors (Lipinski definition) is 6. The molecule has 1 saturated heterocycles. The van der Waals surface area contributed by atoms with Gasteiger partial charge < -0.3 is 10.6 Å². The van der Waals surface area contributed by atoms with Crippen LogP contribution in [0, 0.1) is 0 Å². The van der Waals surface area contributed by atoms with Gasteiger partial charge >= 0.3 is 0 Å². The van der Waals surface area contributed by atoms with Gasteiger partial charge in [0.2, 0.25) is 15.9 Å². The molecule has 10 heteroatoms. The maximum Gasteiger partial charge on any atom is 0.271 e. The Morgan fingerprint density at radius 1 is 1.15 bits per heavy atom. The van der Waals surface area contributed by atoms with E-state index in [0.29, 0.717) is 24.3 Å². The number of hydrogen-bond donors (Lipinski definition) is 2. The van der Waals surface area contributed by atoms with E-state index in [0.717, 1.165) is 0 Å². The first-order valence-electron chi connectivity index (χ1n) is 7.90. The van der Waals surface area contributed by atoms with E-state index in [4.69, 9.17) is 0 Å². The number of nitrogens with one attached hydrogen (secondary N) is 2. The van der Waals surface area contributed by atoms with Crippen molar-refractivity contribution in [2.24, 2.45) is 0 Å². The van der Waals surface area contributed by atoms with Crippen LogP contribution >= 0.6 is 0 Å². The lowest BCUT2D eigenvalue weighted by atomic mass is 10.2. The molecule has 2 N–H and O–H groups in total. The summed E-state index contributed by atoms with van der Waals surface area (Å²) in [6.45, 7) is 0.236. The van der Waals surface area contributed by atoms with Crippen molar-refractivity contribution in [2.75, 3.05) is 28.5 Å². The highest BCUT2D eigenvalue weighted by atomic mass is 32.2. The van der Waals surface area contributed by atoms with E-state index in [-0.39, 0.29) is 18.0 Å². The second kappa shape index (κ2) is 7.48. The molecule has 136 valence electrons. The van der Waals surface area contributed by atoms with Gasteiger partial charge in [0.05, 0.1) is 24.2 Å². The van der Waals surface area contributed by atoms with Crippen molar-refractivity contribution in [1.29, 1.82) is 0 Å². The minimum atomic E-state index is -3.23. The number of anilines is 2. The molecule has 1 fully saturated rings. The Hall–Kier alpha value is -3.01. The fraction of sp³-hybridized carbons (Fsp3) is 0.250. The molecule has 1 aromatic carbocycles. The third kappa shape index (κ3) is 4.14. The van der Waals surface area contributed by atoms with Crippen LogP contribution in [0.4, 0.5) is 11.4 Å². The van der Waals surface area contributed by atoms with Crippen LogP contribution < -0.4 is 14.9 Å². The van der Waals surface area contributed by atoms with Gasteiger partial charge in [0.15, 0.2) is 0 Å². The minimum Gasteiger partial charge on any atom is -0.342 e. The highest BCUT2D eigenvalue weighted by Gasteiger charge is 2.28. The van der Waals surface area contributed by atoms with Crippen LogP contribution in [-0.2, 0) is 14.8 Å². The Bertz CT molecular complexity index is 900. The second-order valence-electron chi connectivity index (χ2n) is 5.61. The maximum atomic E-state index is 11.9. The molecule has 2 aromatic rings. The van der Waals surface area contributed by atoms with Gasteiger partial charge in [0, 0.05) is 24.6 Å². The topological polar surface area (TPSA) is 121 Å². The van der Waals surface area contributed by atoms with Crippen molar-refractivity contribution in [3.8, 4) is 0 Å². The number of benzene rings is 1. The minimum absolute atomic E-state index is 0.122. The highest BCUT2D eigenvalue weighted by molar-refractivity contribution is 7.93. The summed E-state index contributed by atoms with van der Waals surface area (Å²) >= 11 is 0. The summed E-state index contributed by atoms with van der Waals surface area (Å²) < 4.78 is 25.2. The van der Waals surface area contributed by atoms with E-state index < -0.39 is 21.8 Å². The summed E-state index contributed by atoms with van der Waals surface area (Å²) in [6, 6.07) is 6.50. The van der Waals surface area contributed by atoms with Crippen LogP contribution in [0.5, 0.6) is 0 Å². The molecule has 9 nitrogen and oxygen atoms in total. The van der Waals surface area contributed by atoms with Crippen LogP contribution in [0.25, 0.3) is 0 Å². The Balaban J connectivity index is 1.54. The van der Waals surface area contributed by atoms with Crippen molar-refractivity contribution < 1.29 is 18.0 Å². The van der Waals surface area contributed by atoms with Gasteiger partial charge in [-0.3, -0.25) is 18.9 Å². The molecular formula is C16H17N5O4S. The molecule has 1 aliphatic heterocycles. The molecule has 26 heavy (non-hydrogen) atoms. The number of carbonyl (C=O) groups is 2. The molecule has 2 heterocycles. The third-order valence-electron chi connectivity index (χ3n) is 3.74. The number of amides is 2. The summed E-state index contributed by atoms with van der Waals surface area (Å²) in [6.07, 6.45) is 4.74. The first kappa shape index (κ1) is 17.8. The lowest BCUT2D eigenvalue weighted by molar-refractivity contribution is -0.115. The third-order valence-corrected chi connectivity index (χ3v) is 5.61. The van der Waals surface area contributed by atoms with E-state index in [1.807, 2.05) is 0 Å². The van der Waals surface area contributed by atoms with Crippen LogP contribution in [0.3, 0.4) is 0 Å². The smallest absolute Gasteiger partial charge is 0.271 e. The lowest BCUT2D eigenvalue weighted by Crippen LogP contribution is -2.33. The van der Waals surface area contributed by atoms with Gasteiger partial charge in [0.25, 0.3) is 5.91 Å². The molecule has 1 aliphatic rings. The maximum absolute atomic E-state index is 11.9. The van der Waals surface area contributed by atoms with Gasteiger partial charge in [-0.2, -0.15) is 0 Å². The van der Waals surface area contributed by atoms with Crippen LogP contribution in [0.2, 0.25) is 0 Å². The first-order chi connectivity index (χ1) is 12.5. The molecule has 0 aliphatic carbocycles. The van der Waals surface area contributed by atoms with Crippen LogP contribution in [-0.4, -0.2) is 49.0 Å². The predicted molar refractivity (Wildman–Crippen MR) is 95.2 cm³/mol. The predicted octanol–water partition coefficient (Wildman–Crippen LogP) is 0.385. The molecule has 0 atom stereocenters.